The Labute approximate surface area is 165 Å². The number of nitrogens with zero attached hydrogens (tertiary/aromatic N) is 2. The largest absolute Gasteiger partial charge is 0.497 e. The van der Waals surface area contributed by atoms with E-state index < -0.39 is 9.84 Å². The Morgan fingerprint density at radius 3 is 2.68 bits per heavy atom. The van der Waals surface area contributed by atoms with Crippen molar-refractivity contribution in [1.29, 1.82) is 0 Å². The van der Waals surface area contributed by atoms with Gasteiger partial charge < -0.3 is 14.1 Å². The molecular formula is C21H24N2O4S. The number of fused-ring (bicyclic) bond motifs is 1. The second-order valence-electron chi connectivity index (χ2n) is 7.13. The average molecular weight is 401 g/mol. The molecule has 7 heteroatoms. The number of piperidine rings is 1. The monoisotopic (exact) mass is 400 g/mol. The van der Waals surface area contributed by atoms with Crippen LogP contribution in [0.25, 0.3) is 11.1 Å². The van der Waals surface area contributed by atoms with Gasteiger partial charge in [-0.3, -0.25) is 0 Å². The quantitative estimate of drug-likeness (QED) is 0.631. The third-order valence-corrected chi connectivity index (χ3v) is 7.02. The number of rotatable bonds is 6. The number of para-hydroxylation sites is 2. The Hall–Kier alpha value is -2.38. The molecule has 0 spiro atoms. The lowest BCUT2D eigenvalue weighted by atomic mass is 9.97. The predicted molar refractivity (Wildman–Crippen MR) is 107 cm³/mol. The summed E-state index contributed by atoms with van der Waals surface area (Å²) in [6.45, 7) is 2.22. The van der Waals surface area contributed by atoms with Crippen molar-refractivity contribution in [2.75, 3.05) is 32.5 Å². The normalized spacial score (nSPS) is 16.5. The van der Waals surface area contributed by atoms with Crippen LogP contribution >= 0.6 is 0 Å². The molecule has 1 fully saturated rings. The molecule has 0 aliphatic carbocycles. The average Bonchev–Trinajstić information content (AvgIpc) is 3.17. The molecular weight excluding hydrogens is 376 g/mol. The SMILES string of the molecule is COc1cccc(S(=O)(=O)CCN2CCC(c3nc4ccccc4o3)CC2)c1. The Balaban J connectivity index is 1.34. The first-order chi connectivity index (χ1) is 13.5. The molecule has 1 aliphatic heterocycles. The first-order valence-electron chi connectivity index (χ1n) is 9.50. The minimum atomic E-state index is -3.33. The van der Waals surface area contributed by atoms with Gasteiger partial charge in [0.05, 0.1) is 17.8 Å². The summed E-state index contributed by atoms with van der Waals surface area (Å²) in [6, 6.07) is 14.5. The van der Waals surface area contributed by atoms with E-state index in [9.17, 15) is 8.42 Å². The van der Waals surface area contributed by atoms with Crippen LogP contribution < -0.4 is 4.74 Å². The lowest BCUT2D eigenvalue weighted by Gasteiger charge is -2.30. The molecule has 4 rings (SSSR count). The highest BCUT2D eigenvalue weighted by molar-refractivity contribution is 7.91. The molecule has 148 valence electrons. The molecule has 2 aromatic carbocycles. The number of methoxy groups -OCH3 is 1. The van der Waals surface area contributed by atoms with Crippen LogP contribution in [0.3, 0.4) is 0 Å². The molecule has 0 radical (unpaired) electrons. The number of aromatic nitrogens is 1. The zero-order valence-corrected chi connectivity index (χ0v) is 16.7. The smallest absolute Gasteiger partial charge is 0.198 e. The lowest BCUT2D eigenvalue weighted by Crippen LogP contribution is -2.36. The van der Waals surface area contributed by atoms with Crippen molar-refractivity contribution in [3.63, 3.8) is 0 Å². The molecule has 28 heavy (non-hydrogen) atoms. The van der Waals surface area contributed by atoms with E-state index in [0.717, 1.165) is 42.9 Å². The summed E-state index contributed by atoms with van der Waals surface area (Å²) in [4.78, 5) is 7.13. The van der Waals surface area contributed by atoms with Gasteiger partial charge in [0.25, 0.3) is 0 Å². The molecule has 3 aromatic rings. The van der Waals surface area contributed by atoms with Crippen molar-refractivity contribution >= 4 is 20.9 Å². The van der Waals surface area contributed by atoms with Crippen LogP contribution in [-0.4, -0.2) is 50.8 Å². The maximum absolute atomic E-state index is 12.6. The molecule has 0 unspecified atom stereocenters. The number of hydrogen-bond donors (Lipinski definition) is 0. The lowest BCUT2D eigenvalue weighted by molar-refractivity contribution is 0.210. The third-order valence-electron chi connectivity index (χ3n) is 5.32. The van der Waals surface area contributed by atoms with Gasteiger partial charge in [0.2, 0.25) is 0 Å². The van der Waals surface area contributed by atoms with Crippen molar-refractivity contribution in [3.05, 3.63) is 54.4 Å². The topological polar surface area (TPSA) is 72.6 Å². The van der Waals surface area contributed by atoms with Gasteiger partial charge in [0.1, 0.15) is 11.3 Å². The van der Waals surface area contributed by atoms with E-state index in [2.05, 4.69) is 9.88 Å². The summed E-state index contributed by atoms with van der Waals surface area (Å²) in [6.07, 6.45) is 1.85. The summed E-state index contributed by atoms with van der Waals surface area (Å²) in [5.41, 5.74) is 1.72. The van der Waals surface area contributed by atoms with Gasteiger partial charge in [-0.2, -0.15) is 0 Å². The minimum absolute atomic E-state index is 0.105. The van der Waals surface area contributed by atoms with E-state index >= 15 is 0 Å². The fourth-order valence-electron chi connectivity index (χ4n) is 3.63. The van der Waals surface area contributed by atoms with Crippen LogP contribution in [0.15, 0.2) is 57.8 Å². The number of benzene rings is 2. The van der Waals surface area contributed by atoms with Crippen molar-refractivity contribution in [2.45, 2.75) is 23.7 Å². The van der Waals surface area contributed by atoms with Gasteiger partial charge >= 0.3 is 0 Å². The molecule has 1 saturated heterocycles. The van der Waals surface area contributed by atoms with Crippen molar-refractivity contribution < 1.29 is 17.6 Å². The first-order valence-corrected chi connectivity index (χ1v) is 11.1. The van der Waals surface area contributed by atoms with Gasteiger partial charge in [0, 0.05) is 12.5 Å². The maximum atomic E-state index is 12.6. The van der Waals surface area contributed by atoms with E-state index in [1.165, 1.54) is 7.11 Å². The highest BCUT2D eigenvalue weighted by Crippen LogP contribution is 2.30. The third kappa shape index (κ3) is 4.05. The molecule has 0 bridgehead atoms. The Morgan fingerprint density at radius 2 is 1.93 bits per heavy atom. The fourth-order valence-corrected chi connectivity index (χ4v) is 4.95. The standard InChI is InChI=1S/C21H24N2O4S/c1-26-17-5-4-6-18(15-17)28(24,25)14-13-23-11-9-16(10-12-23)21-22-19-7-2-3-8-20(19)27-21/h2-8,15-16H,9-14H2,1H3. The van der Waals surface area contributed by atoms with Crippen LogP contribution in [0.1, 0.15) is 24.7 Å². The molecule has 0 saturated carbocycles. The van der Waals surface area contributed by atoms with Crippen LogP contribution in [0.2, 0.25) is 0 Å². The summed E-state index contributed by atoms with van der Waals surface area (Å²) in [5, 5.41) is 0. The molecule has 0 N–H and O–H groups in total. The highest BCUT2D eigenvalue weighted by atomic mass is 32.2. The number of oxazole rings is 1. The van der Waals surface area contributed by atoms with E-state index in [4.69, 9.17) is 9.15 Å². The molecule has 0 atom stereocenters. The second kappa shape index (κ2) is 7.93. The van der Waals surface area contributed by atoms with Crippen molar-refractivity contribution in [2.24, 2.45) is 0 Å². The maximum Gasteiger partial charge on any atom is 0.198 e. The van der Waals surface area contributed by atoms with Gasteiger partial charge in [-0.25, -0.2) is 13.4 Å². The van der Waals surface area contributed by atoms with Crippen molar-refractivity contribution in [3.8, 4) is 5.75 Å². The fraction of sp³-hybridized carbons (Fsp3) is 0.381. The van der Waals surface area contributed by atoms with E-state index in [1.807, 2.05) is 24.3 Å². The summed E-state index contributed by atoms with van der Waals surface area (Å²) >= 11 is 0. The van der Waals surface area contributed by atoms with Crippen LogP contribution in [0, 0.1) is 0 Å². The molecule has 2 heterocycles. The number of sulfone groups is 1. The number of likely N-dealkylation sites (tertiary alicyclic amines) is 1. The van der Waals surface area contributed by atoms with Gasteiger partial charge in [0.15, 0.2) is 21.3 Å². The highest BCUT2D eigenvalue weighted by Gasteiger charge is 2.26. The molecule has 1 aromatic heterocycles. The van der Waals surface area contributed by atoms with E-state index in [-0.39, 0.29) is 5.75 Å². The zero-order valence-electron chi connectivity index (χ0n) is 15.9. The predicted octanol–water partition coefficient (Wildman–Crippen LogP) is 3.49. The van der Waals surface area contributed by atoms with Crippen LogP contribution in [0.5, 0.6) is 5.75 Å². The minimum Gasteiger partial charge on any atom is -0.497 e. The molecule has 1 aliphatic rings. The van der Waals surface area contributed by atoms with E-state index in [0.29, 0.717) is 23.1 Å². The Bertz CT molecular complexity index is 1020. The van der Waals surface area contributed by atoms with E-state index in [1.54, 1.807) is 24.3 Å². The first kappa shape index (κ1) is 19.0. The second-order valence-corrected chi connectivity index (χ2v) is 9.24. The summed E-state index contributed by atoms with van der Waals surface area (Å²) < 4.78 is 36.3. The molecule has 6 nitrogen and oxygen atoms in total. The summed E-state index contributed by atoms with van der Waals surface area (Å²) in [5.74, 6) is 1.75. The Kier molecular flexibility index (Phi) is 5.37. The number of ether oxygens (including phenoxy) is 1. The van der Waals surface area contributed by atoms with Gasteiger partial charge in [-0.15, -0.1) is 0 Å². The van der Waals surface area contributed by atoms with Crippen molar-refractivity contribution in [1.82, 2.24) is 9.88 Å². The van der Waals surface area contributed by atoms with Gasteiger partial charge in [-0.05, 0) is 56.3 Å². The van der Waals surface area contributed by atoms with Crippen LogP contribution in [-0.2, 0) is 9.84 Å². The number of hydrogen-bond acceptors (Lipinski definition) is 6. The zero-order chi connectivity index (χ0) is 19.6. The van der Waals surface area contributed by atoms with Crippen LogP contribution in [0.4, 0.5) is 0 Å². The Morgan fingerprint density at radius 1 is 1.14 bits per heavy atom. The summed E-state index contributed by atoms with van der Waals surface area (Å²) in [7, 11) is -1.79. The molecule has 0 amide bonds. The van der Waals surface area contributed by atoms with Gasteiger partial charge in [-0.1, -0.05) is 18.2 Å².